The smallest absolute Gasteiger partial charge is 0.277 e. The van der Waals surface area contributed by atoms with Crippen LogP contribution in [0.1, 0.15) is 18.4 Å². The van der Waals surface area contributed by atoms with E-state index in [0.29, 0.717) is 0 Å². The van der Waals surface area contributed by atoms with Crippen LogP contribution in [-0.2, 0) is 11.3 Å². The van der Waals surface area contributed by atoms with Crippen LogP contribution in [0.15, 0.2) is 59.7 Å². The number of nitrogens with one attached hydrogen (secondary N) is 2. The first kappa shape index (κ1) is 18.1. The molecule has 136 valence electrons. The molecule has 1 heterocycles. The Bertz CT molecular complexity index is 755. The minimum atomic E-state index is -0.486. The Hall–Kier alpha value is -2.73. The lowest BCUT2D eigenvalue weighted by atomic mass is 10.1. The van der Waals surface area contributed by atoms with Gasteiger partial charge in [0.25, 0.3) is 5.91 Å². The van der Waals surface area contributed by atoms with Gasteiger partial charge in [0, 0.05) is 24.1 Å². The molecular weight excluding hydrogens is 333 g/mol. The minimum absolute atomic E-state index is 0.0631. The largest absolute Gasteiger partial charge is 0.481 e. The number of carbonyl (C=O) groups excluding carboxylic acids is 1. The molecule has 0 aromatic heterocycles. The maximum absolute atomic E-state index is 13.4. The molecule has 0 atom stereocenters. The first-order chi connectivity index (χ1) is 12.7. The summed E-state index contributed by atoms with van der Waals surface area (Å²) >= 11 is 0. The van der Waals surface area contributed by atoms with Gasteiger partial charge >= 0.3 is 0 Å². The Balaban J connectivity index is 1.39. The molecule has 1 saturated heterocycles. The number of benzene rings is 2. The first-order valence-electron chi connectivity index (χ1n) is 8.80. The molecule has 26 heavy (non-hydrogen) atoms. The van der Waals surface area contributed by atoms with Crippen molar-refractivity contribution in [3.05, 3.63) is 66.0 Å². The fourth-order valence-corrected chi connectivity index (χ4v) is 2.94. The van der Waals surface area contributed by atoms with E-state index < -0.39 is 5.82 Å². The standard InChI is InChI=1S/C20H22FN3O2/c21-18-8-4-5-9-19(18)26-15-20(25)23-22-17-10-12-24(13-11-17)14-16-6-2-1-3-7-16/h1-9H,10-15H2,(H,23,25)/p+1. The summed E-state index contributed by atoms with van der Waals surface area (Å²) in [5.74, 6) is -0.812. The van der Waals surface area contributed by atoms with Crippen molar-refractivity contribution in [2.24, 2.45) is 5.10 Å². The van der Waals surface area contributed by atoms with Gasteiger partial charge in [0.15, 0.2) is 18.2 Å². The predicted molar refractivity (Wildman–Crippen MR) is 97.5 cm³/mol. The van der Waals surface area contributed by atoms with Crippen molar-refractivity contribution >= 4 is 11.6 Å². The highest BCUT2D eigenvalue weighted by atomic mass is 19.1. The molecule has 2 aromatic rings. The quantitative estimate of drug-likeness (QED) is 0.772. The van der Waals surface area contributed by atoms with Crippen molar-refractivity contribution in [1.82, 2.24) is 5.43 Å². The summed E-state index contributed by atoms with van der Waals surface area (Å²) in [6.45, 7) is 2.74. The van der Waals surface area contributed by atoms with Crippen molar-refractivity contribution in [3.8, 4) is 5.75 Å². The highest BCUT2D eigenvalue weighted by Gasteiger charge is 2.18. The predicted octanol–water partition coefficient (Wildman–Crippen LogP) is 1.56. The van der Waals surface area contributed by atoms with E-state index in [1.807, 2.05) is 6.07 Å². The number of halogens is 1. The third kappa shape index (κ3) is 5.39. The average Bonchev–Trinajstić information content (AvgIpc) is 2.68. The molecule has 2 aromatic carbocycles. The van der Waals surface area contributed by atoms with E-state index in [1.165, 1.54) is 22.6 Å². The van der Waals surface area contributed by atoms with Crippen LogP contribution in [0.4, 0.5) is 4.39 Å². The summed E-state index contributed by atoms with van der Waals surface area (Å²) in [6, 6.07) is 16.4. The lowest BCUT2D eigenvalue weighted by Gasteiger charge is -2.24. The van der Waals surface area contributed by atoms with Gasteiger partial charge in [-0.25, -0.2) is 9.82 Å². The van der Waals surface area contributed by atoms with Crippen molar-refractivity contribution in [2.45, 2.75) is 19.4 Å². The molecular formula is C20H23FN3O2+. The van der Waals surface area contributed by atoms with Gasteiger partial charge in [-0.2, -0.15) is 5.10 Å². The molecule has 0 radical (unpaired) electrons. The van der Waals surface area contributed by atoms with E-state index in [-0.39, 0.29) is 18.3 Å². The normalized spacial score (nSPS) is 16.8. The maximum Gasteiger partial charge on any atom is 0.277 e. The van der Waals surface area contributed by atoms with Crippen LogP contribution in [0.3, 0.4) is 0 Å². The highest BCUT2D eigenvalue weighted by molar-refractivity contribution is 5.87. The number of amides is 1. The molecule has 5 nitrogen and oxygen atoms in total. The van der Waals surface area contributed by atoms with Crippen molar-refractivity contribution < 1.29 is 18.8 Å². The number of ether oxygens (including phenoxy) is 1. The zero-order valence-corrected chi connectivity index (χ0v) is 14.6. The topological polar surface area (TPSA) is 55.1 Å². The molecule has 1 aliphatic heterocycles. The van der Waals surface area contributed by atoms with Crippen molar-refractivity contribution in [3.63, 3.8) is 0 Å². The number of likely N-dealkylation sites (tertiary alicyclic amines) is 1. The van der Waals surface area contributed by atoms with Crippen molar-refractivity contribution in [1.29, 1.82) is 0 Å². The summed E-state index contributed by atoms with van der Waals surface area (Å²) < 4.78 is 18.6. The van der Waals surface area contributed by atoms with Gasteiger partial charge in [-0.05, 0) is 12.1 Å². The summed E-state index contributed by atoms with van der Waals surface area (Å²) in [5, 5.41) is 4.19. The summed E-state index contributed by atoms with van der Waals surface area (Å²) in [7, 11) is 0. The van der Waals surface area contributed by atoms with Crippen molar-refractivity contribution in [2.75, 3.05) is 19.7 Å². The lowest BCUT2D eigenvalue weighted by molar-refractivity contribution is -0.914. The fourth-order valence-electron chi connectivity index (χ4n) is 2.94. The van der Waals surface area contributed by atoms with Gasteiger partial charge < -0.3 is 9.64 Å². The number of hydrogen-bond donors (Lipinski definition) is 2. The zero-order chi connectivity index (χ0) is 18.2. The molecule has 0 saturated carbocycles. The molecule has 2 N–H and O–H groups in total. The van der Waals surface area contributed by atoms with Crippen LogP contribution in [-0.4, -0.2) is 31.3 Å². The number of carbonyl (C=O) groups is 1. The SMILES string of the molecule is O=C(COc1ccccc1F)NN=C1CC[NH+](Cc2ccccc2)CC1. The van der Waals surface area contributed by atoms with Gasteiger partial charge in [-0.1, -0.05) is 42.5 Å². The Morgan fingerprint density at radius 3 is 2.50 bits per heavy atom. The summed E-state index contributed by atoms with van der Waals surface area (Å²) in [4.78, 5) is 13.3. The van der Waals surface area contributed by atoms with Crippen LogP contribution in [0.25, 0.3) is 0 Å². The van der Waals surface area contributed by atoms with E-state index in [2.05, 4.69) is 34.8 Å². The second kappa shape index (κ2) is 9.10. The average molecular weight is 356 g/mol. The second-order valence-corrected chi connectivity index (χ2v) is 6.34. The summed E-state index contributed by atoms with van der Waals surface area (Å²) in [6.07, 6.45) is 1.72. The Kier molecular flexibility index (Phi) is 6.33. The molecule has 1 amide bonds. The second-order valence-electron chi connectivity index (χ2n) is 6.34. The number of nitrogens with zero attached hydrogens (tertiary/aromatic N) is 1. The maximum atomic E-state index is 13.4. The van der Waals surface area contributed by atoms with Gasteiger partial charge in [0.1, 0.15) is 6.54 Å². The summed E-state index contributed by atoms with van der Waals surface area (Å²) in [5.41, 5.74) is 4.82. The molecule has 1 fully saturated rings. The zero-order valence-electron chi connectivity index (χ0n) is 14.6. The third-order valence-corrected chi connectivity index (χ3v) is 4.37. The van der Waals surface area contributed by atoms with E-state index in [1.54, 1.807) is 12.1 Å². The number of hydrazone groups is 1. The number of rotatable bonds is 6. The van der Waals surface area contributed by atoms with E-state index in [4.69, 9.17) is 4.74 Å². The van der Waals surface area contributed by atoms with Gasteiger partial charge in [0.2, 0.25) is 0 Å². The Morgan fingerprint density at radius 2 is 1.77 bits per heavy atom. The fraction of sp³-hybridized carbons (Fsp3) is 0.300. The van der Waals surface area contributed by atoms with Gasteiger partial charge in [-0.3, -0.25) is 4.79 Å². The highest BCUT2D eigenvalue weighted by Crippen LogP contribution is 2.14. The molecule has 0 aliphatic carbocycles. The van der Waals surface area contributed by atoms with Crippen LogP contribution < -0.4 is 15.1 Å². The van der Waals surface area contributed by atoms with Crippen LogP contribution >= 0.6 is 0 Å². The Labute approximate surface area is 152 Å². The first-order valence-corrected chi connectivity index (χ1v) is 8.80. The van der Waals surface area contributed by atoms with Gasteiger partial charge in [0.05, 0.1) is 13.1 Å². The van der Waals surface area contributed by atoms with Gasteiger partial charge in [-0.15, -0.1) is 0 Å². The molecule has 0 unspecified atom stereocenters. The van der Waals surface area contributed by atoms with E-state index in [0.717, 1.165) is 38.2 Å². The molecule has 0 spiro atoms. The monoisotopic (exact) mass is 356 g/mol. The number of para-hydroxylation sites is 1. The lowest BCUT2D eigenvalue weighted by Crippen LogP contribution is -3.11. The van der Waals surface area contributed by atoms with Crippen LogP contribution in [0, 0.1) is 5.82 Å². The molecule has 6 heteroatoms. The number of hydrogen-bond acceptors (Lipinski definition) is 3. The van der Waals surface area contributed by atoms with Crippen LogP contribution in [0.5, 0.6) is 5.75 Å². The Morgan fingerprint density at radius 1 is 1.08 bits per heavy atom. The molecule has 3 rings (SSSR count). The third-order valence-electron chi connectivity index (χ3n) is 4.37. The number of piperidine rings is 1. The van der Waals surface area contributed by atoms with E-state index >= 15 is 0 Å². The molecule has 0 bridgehead atoms. The number of quaternary nitrogens is 1. The van der Waals surface area contributed by atoms with E-state index in [9.17, 15) is 9.18 Å². The molecule has 1 aliphatic rings. The van der Waals surface area contributed by atoms with Crippen LogP contribution in [0.2, 0.25) is 0 Å². The minimum Gasteiger partial charge on any atom is -0.481 e.